The summed E-state index contributed by atoms with van der Waals surface area (Å²) in [4.78, 5) is 12.1. The minimum Gasteiger partial charge on any atom is -0.490 e. The van der Waals surface area contributed by atoms with Gasteiger partial charge >= 0.3 is 5.69 Å². The van der Waals surface area contributed by atoms with Crippen molar-refractivity contribution < 1.29 is 22.5 Å². The van der Waals surface area contributed by atoms with Gasteiger partial charge in [-0.15, -0.1) is 0 Å². The molecular formula is C14H12FN3O5S. The van der Waals surface area contributed by atoms with Gasteiger partial charge in [0, 0.05) is 11.6 Å². The molecule has 0 heterocycles. The average molecular weight is 353 g/mol. The lowest BCUT2D eigenvalue weighted by atomic mass is 10.2. The lowest BCUT2D eigenvalue weighted by molar-refractivity contribution is -0.385. The summed E-state index contributed by atoms with van der Waals surface area (Å²) in [6.45, 7) is 0. The van der Waals surface area contributed by atoms with E-state index in [9.17, 15) is 22.9 Å². The van der Waals surface area contributed by atoms with Gasteiger partial charge < -0.3 is 4.74 Å². The van der Waals surface area contributed by atoms with Gasteiger partial charge in [0.25, 0.3) is 10.0 Å². The van der Waals surface area contributed by atoms with Gasteiger partial charge in [-0.05, 0) is 36.4 Å². The summed E-state index contributed by atoms with van der Waals surface area (Å²) in [6.07, 6.45) is 1.10. The first-order chi connectivity index (χ1) is 11.3. The largest absolute Gasteiger partial charge is 0.490 e. The number of nitro groups is 1. The molecule has 0 saturated heterocycles. The Kier molecular flexibility index (Phi) is 5.09. The molecule has 0 saturated carbocycles. The summed E-state index contributed by atoms with van der Waals surface area (Å²) in [5.74, 6) is -0.493. The molecule has 0 aliphatic rings. The molecule has 24 heavy (non-hydrogen) atoms. The molecule has 0 unspecified atom stereocenters. The van der Waals surface area contributed by atoms with Gasteiger partial charge in [-0.1, -0.05) is 0 Å². The maximum absolute atomic E-state index is 12.8. The molecule has 0 fully saturated rings. The van der Waals surface area contributed by atoms with Crippen molar-refractivity contribution in [3.05, 3.63) is 64.0 Å². The number of hydrogen-bond donors (Lipinski definition) is 1. The van der Waals surface area contributed by atoms with E-state index in [0.717, 1.165) is 30.5 Å². The van der Waals surface area contributed by atoms with E-state index in [4.69, 9.17) is 4.74 Å². The second-order valence-corrected chi connectivity index (χ2v) is 6.16. The van der Waals surface area contributed by atoms with E-state index in [1.54, 1.807) is 0 Å². The molecule has 0 aliphatic carbocycles. The van der Waals surface area contributed by atoms with E-state index in [2.05, 4.69) is 5.10 Å². The molecule has 0 amide bonds. The molecule has 0 aromatic heterocycles. The Bertz CT molecular complexity index is 882. The number of nitrogens with zero attached hydrogens (tertiary/aromatic N) is 2. The first kappa shape index (κ1) is 17.3. The minimum absolute atomic E-state index is 0.0732. The zero-order chi connectivity index (χ0) is 17.7. The van der Waals surface area contributed by atoms with Crippen molar-refractivity contribution in [3.63, 3.8) is 0 Å². The van der Waals surface area contributed by atoms with Crippen LogP contribution in [0.1, 0.15) is 5.56 Å². The highest BCUT2D eigenvalue weighted by Crippen LogP contribution is 2.26. The second kappa shape index (κ2) is 7.04. The van der Waals surface area contributed by atoms with Crippen LogP contribution in [0.5, 0.6) is 5.75 Å². The highest BCUT2D eigenvalue weighted by atomic mass is 32.2. The first-order valence-electron chi connectivity index (χ1n) is 6.46. The molecule has 0 aliphatic heterocycles. The van der Waals surface area contributed by atoms with Crippen LogP contribution >= 0.6 is 0 Å². The Morgan fingerprint density at radius 3 is 2.50 bits per heavy atom. The van der Waals surface area contributed by atoms with Crippen LogP contribution in [0.4, 0.5) is 10.1 Å². The van der Waals surface area contributed by atoms with Crippen molar-refractivity contribution in [2.45, 2.75) is 4.90 Å². The molecule has 8 nitrogen and oxygen atoms in total. The highest BCUT2D eigenvalue weighted by Gasteiger charge is 2.15. The van der Waals surface area contributed by atoms with Gasteiger partial charge in [-0.3, -0.25) is 10.1 Å². The Morgan fingerprint density at radius 2 is 1.92 bits per heavy atom. The average Bonchev–Trinajstić information content (AvgIpc) is 2.55. The number of hydrazone groups is 1. The van der Waals surface area contributed by atoms with Gasteiger partial charge in [0.1, 0.15) is 5.82 Å². The standard InChI is InChI=1S/C14H12FN3O5S/c1-23-14-7-2-10(8-13(14)18(19)20)9-16-17-24(21,22)12-5-3-11(15)4-6-12/h2-9,17H,1H3/b16-9+. The molecular weight excluding hydrogens is 341 g/mol. The topological polar surface area (TPSA) is 111 Å². The third kappa shape index (κ3) is 4.04. The fourth-order valence-electron chi connectivity index (χ4n) is 1.77. The Morgan fingerprint density at radius 1 is 1.25 bits per heavy atom. The molecule has 2 aromatic carbocycles. The van der Waals surface area contributed by atoms with Crippen LogP contribution in [-0.2, 0) is 10.0 Å². The van der Waals surface area contributed by atoms with Crippen LogP contribution in [0.2, 0.25) is 0 Å². The van der Waals surface area contributed by atoms with Crippen LogP contribution < -0.4 is 9.57 Å². The summed E-state index contributed by atoms with van der Waals surface area (Å²) in [6, 6.07) is 8.22. The van der Waals surface area contributed by atoms with Crippen molar-refractivity contribution in [1.82, 2.24) is 4.83 Å². The second-order valence-electron chi connectivity index (χ2n) is 4.50. The smallest absolute Gasteiger partial charge is 0.311 e. The van der Waals surface area contributed by atoms with Crippen molar-refractivity contribution in [3.8, 4) is 5.75 Å². The van der Waals surface area contributed by atoms with Crippen molar-refractivity contribution in [2.24, 2.45) is 5.10 Å². The minimum atomic E-state index is -3.96. The Labute approximate surface area is 136 Å². The predicted molar refractivity (Wildman–Crippen MR) is 84.0 cm³/mol. The first-order valence-corrected chi connectivity index (χ1v) is 7.94. The van der Waals surface area contributed by atoms with Crippen molar-refractivity contribution >= 4 is 21.9 Å². The van der Waals surface area contributed by atoms with E-state index in [0.29, 0.717) is 5.56 Å². The zero-order valence-electron chi connectivity index (χ0n) is 12.3. The van der Waals surface area contributed by atoms with E-state index >= 15 is 0 Å². The van der Waals surface area contributed by atoms with E-state index in [1.807, 2.05) is 4.83 Å². The SMILES string of the molecule is COc1ccc(/C=N/NS(=O)(=O)c2ccc(F)cc2)cc1[N+](=O)[O-]. The van der Waals surface area contributed by atoms with Gasteiger partial charge in [-0.2, -0.15) is 13.5 Å². The Hall–Kier alpha value is -3.01. The van der Waals surface area contributed by atoms with Gasteiger partial charge in [0.2, 0.25) is 0 Å². The number of halogens is 1. The zero-order valence-corrected chi connectivity index (χ0v) is 13.2. The maximum atomic E-state index is 12.8. The normalized spacial score (nSPS) is 11.4. The third-order valence-corrected chi connectivity index (χ3v) is 4.15. The third-order valence-electron chi connectivity index (χ3n) is 2.91. The maximum Gasteiger partial charge on any atom is 0.311 e. The fraction of sp³-hybridized carbons (Fsp3) is 0.0714. The number of sulfonamides is 1. The molecule has 2 aromatic rings. The lowest BCUT2D eigenvalue weighted by Gasteiger charge is -2.04. The fourth-order valence-corrected chi connectivity index (χ4v) is 2.56. The van der Waals surface area contributed by atoms with Crippen LogP contribution in [0.15, 0.2) is 52.5 Å². The summed E-state index contributed by atoms with van der Waals surface area (Å²) in [7, 11) is -2.66. The molecule has 0 spiro atoms. The quantitative estimate of drug-likeness (QED) is 0.485. The number of nitrogens with one attached hydrogen (secondary N) is 1. The number of nitro benzene ring substituents is 1. The van der Waals surface area contributed by atoms with Crippen LogP contribution in [-0.4, -0.2) is 26.7 Å². The molecule has 126 valence electrons. The monoisotopic (exact) mass is 353 g/mol. The van der Waals surface area contributed by atoms with Crippen LogP contribution in [0, 0.1) is 15.9 Å². The lowest BCUT2D eigenvalue weighted by Crippen LogP contribution is -2.18. The van der Waals surface area contributed by atoms with Gasteiger partial charge in [0.15, 0.2) is 5.75 Å². The molecule has 2 rings (SSSR count). The summed E-state index contributed by atoms with van der Waals surface area (Å²) in [5.41, 5.74) is 0.0205. The number of hydrogen-bond acceptors (Lipinski definition) is 6. The van der Waals surface area contributed by atoms with Gasteiger partial charge in [0.05, 0.1) is 23.1 Å². The van der Waals surface area contributed by atoms with Gasteiger partial charge in [-0.25, -0.2) is 9.22 Å². The van der Waals surface area contributed by atoms with Crippen LogP contribution in [0.3, 0.4) is 0 Å². The van der Waals surface area contributed by atoms with Crippen LogP contribution in [0.25, 0.3) is 0 Å². The van der Waals surface area contributed by atoms with E-state index in [1.165, 1.54) is 25.3 Å². The van der Waals surface area contributed by atoms with Crippen molar-refractivity contribution in [1.29, 1.82) is 0 Å². The number of ether oxygens (including phenoxy) is 1. The summed E-state index contributed by atoms with van der Waals surface area (Å²) < 4.78 is 41.5. The molecule has 10 heteroatoms. The Balaban J connectivity index is 2.18. The summed E-state index contributed by atoms with van der Waals surface area (Å²) in [5, 5.41) is 14.5. The predicted octanol–water partition coefficient (Wildman–Crippen LogP) is 2.05. The molecule has 1 N–H and O–H groups in total. The number of benzene rings is 2. The van der Waals surface area contributed by atoms with Crippen molar-refractivity contribution in [2.75, 3.05) is 7.11 Å². The summed E-state index contributed by atoms with van der Waals surface area (Å²) >= 11 is 0. The van der Waals surface area contributed by atoms with E-state index in [-0.39, 0.29) is 16.3 Å². The van der Waals surface area contributed by atoms with E-state index < -0.39 is 20.8 Å². The molecule has 0 atom stereocenters. The number of rotatable bonds is 6. The molecule has 0 radical (unpaired) electrons. The number of methoxy groups -OCH3 is 1. The molecule has 0 bridgehead atoms. The highest BCUT2D eigenvalue weighted by molar-refractivity contribution is 7.89.